The molecule has 21 heavy (non-hydrogen) atoms. The van der Waals surface area contributed by atoms with E-state index in [1.807, 2.05) is 32.5 Å². The minimum Gasteiger partial charge on any atom is -0.310 e. The number of nitrogens with one attached hydrogen (secondary N) is 1. The molecule has 1 unspecified atom stereocenters. The van der Waals surface area contributed by atoms with E-state index in [2.05, 4.69) is 50.4 Å². The SMILES string of the molecule is CCNC(Cc1c(Br)c(C)nn1C)c1cc(C)nc(C)c1. The fraction of sp³-hybridized carbons (Fsp3) is 0.500. The number of halogens is 1. The van der Waals surface area contributed by atoms with E-state index in [4.69, 9.17) is 0 Å². The predicted molar refractivity (Wildman–Crippen MR) is 89.5 cm³/mol. The van der Waals surface area contributed by atoms with Gasteiger partial charge in [-0.2, -0.15) is 5.10 Å². The summed E-state index contributed by atoms with van der Waals surface area (Å²) in [6.45, 7) is 9.18. The zero-order valence-corrected chi connectivity index (χ0v) is 15.0. The lowest BCUT2D eigenvalue weighted by molar-refractivity contribution is 0.526. The van der Waals surface area contributed by atoms with Crippen molar-refractivity contribution in [1.29, 1.82) is 0 Å². The van der Waals surface area contributed by atoms with Crippen LogP contribution in [0.1, 0.15) is 41.3 Å². The Balaban J connectivity index is 2.35. The highest BCUT2D eigenvalue weighted by Gasteiger charge is 2.18. The van der Waals surface area contributed by atoms with E-state index in [1.165, 1.54) is 11.3 Å². The van der Waals surface area contributed by atoms with Crippen molar-refractivity contribution in [3.63, 3.8) is 0 Å². The largest absolute Gasteiger partial charge is 0.310 e. The first-order valence-corrected chi connectivity index (χ1v) is 8.08. The third kappa shape index (κ3) is 3.71. The molecular formula is C16H23BrN4. The molecule has 1 N–H and O–H groups in total. The quantitative estimate of drug-likeness (QED) is 0.898. The van der Waals surface area contributed by atoms with Gasteiger partial charge >= 0.3 is 0 Å². The van der Waals surface area contributed by atoms with E-state index < -0.39 is 0 Å². The predicted octanol–water partition coefficient (Wildman–Crippen LogP) is 3.40. The highest BCUT2D eigenvalue weighted by molar-refractivity contribution is 9.10. The van der Waals surface area contributed by atoms with Gasteiger partial charge in [-0.3, -0.25) is 9.67 Å². The van der Waals surface area contributed by atoms with Crippen LogP contribution in [0.25, 0.3) is 0 Å². The molecule has 0 fully saturated rings. The lowest BCUT2D eigenvalue weighted by Crippen LogP contribution is -2.24. The smallest absolute Gasteiger partial charge is 0.0738 e. The topological polar surface area (TPSA) is 42.7 Å². The van der Waals surface area contributed by atoms with Gasteiger partial charge in [-0.05, 0) is 60.9 Å². The van der Waals surface area contributed by atoms with Crippen LogP contribution >= 0.6 is 15.9 Å². The zero-order chi connectivity index (χ0) is 15.6. The zero-order valence-electron chi connectivity index (χ0n) is 13.4. The normalized spacial score (nSPS) is 12.7. The minimum atomic E-state index is 0.265. The minimum absolute atomic E-state index is 0.265. The second kappa shape index (κ2) is 6.71. The van der Waals surface area contributed by atoms with Gasteiger partial charge in [0.05, 0.1) is 15.9 Å². The van der Waals surface area contributed by atoms with Crippen LogP contribution in [0.4, 0.5) is 0 Å². The molecule has 2 rings (SSSR count). The van der Waals surface area contributed by atoms with Gasteiger partial charge in [-0.15, -0.1) is 0 Å². The lowest BCUT2D eigenvalue weighted by atomic mass is 10.0. The Kier molecular flexibility index (Phi) is 5.17. The number of likely N-dealkylation sites (N-methyl/N-ethyl adjacent to an activating group) is 1. The van der Waals surface area contributed by atoms with Crippen molar-refractivity contribution >= 4 is 15.9 Å². The van der Waals surface area contributed by atoms with Crippen LogP contribution in [-0.2, 0) is 13.5 Å². The van der Waals surface area contributed by atoms with Gasteiger partial charge in [-0.1, -0.05) is 6.92 Å². The number of nitrogens with zero attached hydrogens (tertiary/aromatic N) is 3. The summed E-state index contributed by atoms with van der Waals surface area (Å²) in [4.78, 5) is 4.47. The number of rotatable bonds is 5. The van der Waals surface area contributed by atoms with Gasteiger partial charge < -0.3 is 5.32 Å². The Morgan fingerprint density at radius 1 is 1.24 bits per heavy atom. The average Bonchev–Trinajstić information content (AvgIpc) is 2.63. The van der Waals surface area contributed by atoms with Crippen LogP contribution in [0, 0.1) is 20.8 Å². The first kappa shape index (κ1) is 16.2. The Bertz CT molecular complexity index is 613. The van der Waals surface area contributed by atoms with Gasteiger partial charge in [-0.25, -0.2) is 0 Å². The number of aryl methyl sites for hydroxylation is 4. The van der Waals surface area contributed by atoms with Gasteiger partial charge in [0.1, 0.15) is 0 Å². The van der Waals surface area contributed by atoms with E-state index in [9.17, 15) is 0 Å². The third-order valence-corrected chi connectivity index (χ3v) is 4.65. The number of aromatic nitrogens is 3. The van der Waals surface area contributed by atoms with Crippen LogP contribution in [0.3, 0.4) is 0 Å². The third-order valence-electron chi connectivity index (χ3n) is 3.62. The first-order valence-electron chi connectivity index (χ1n) is 7.29. The molecule has 2 heterocycles. The average molecular weight is 351 g/mol. The highest BCUT2D eigenvalue weighted by atomic mass is 79.9. The van der Waals surface area contributed by atoms with Crippen LogP contribution in [0.2, 0.25) is 0 Å². The van der Waals surface area contributed by atoms with Gasteiger partial charge in [0.25, 0.3) is 0 Å². The van der Waals surface area contributed by atoms with Gasteiger partial charge in [0.2, 0.25) is 0 Å². The summed E-state index contributed by atoms with van der Waals surface area (Å²) >= 11 is 3.66. The Hall–Kier alpha value is -1.20. The van der Waals surface area contributed by atoms with Crippen molar-refractivity contribution in [2.24, 2.45) is 7.05 Å². The molecule has 0 bridgehead atoms. The Labute approximate surface area is 135 Å². The number of hydrogen-bond donors (Lipinski definition) is 1. The summed E-state index contributed by atoms with van der Waals surface area (Å²) in [5.41, 5.74) is 5.66. The number of pyridine rings is 1. The van der Waals surface area contributed by atoms with Crippen molar-refractivity contribution in [1.82, 2.24) is 20.1 Å². The monoisotopic (exact) mass is 350 g/mol. The molecule has 4 nitrogen and oxygen atoms in total. The number of hydrogen-bond acceptors (Lipinski definition) is 3. The Morgan fingerprint density at radius 2 is 1.86 bits per heavy atom. The van der Waals surface area contributed by atoms with Crippen molar-refractivity contribution in [3.8, 4) is 0 Å². The summed E-state index contributed by atoms with van der Waals surface area (Å²) < 4.78 is 3.07. The standard InChI is InChI=1S/C16H23BrN4/c1-6-18-14(13-7-10(2)19-11(3)8-13)9-15-16(17)12(4)20-21(15)5/h7-8,14,18H,6,9H2,1-5H3. The summed E-state index contributed by atoms with van der Waals surface area (Å²) in [6.07, 6.45) is 0.897. The molecule has 0 aromatic carbocycles. The fourth-order valence-electron chi connectivity index (χ4n) is 2.72. The summed E-state index contributed by atoms with van der Waals surface area (Å²) in [5, 5.41) is 8.06. The maximum absolute atomic E-state index is 4.48. The summed E-state index contributed by atoms with van der Waals surface area (Å²) in [5.74, 6) is 0. The molecule has 1 atom stereocenters. The lowest BCUT2D eigenvalue weighted by Gasteiger charge is -2.19. The van der Waals surface area contributed by atoms with E-state index in [0.717, 1.165) is 34.5 Å². The van der Waals surface area contributed by atoms with E-state index in [1.54, 1.807) is 0 Å². The molecule has 0 radical (unpaired) electrons. The summed E-state index contributed by atoms with van der Waals surface area (Å²) in [7, 11) is 2.00. The highest BCUT2D eigenvalue weighted by Crippen LogP contribution is 2.26. The van der Waals surface area contributed by atoms with Crippen molar-refractivity contribution in [2.45, 2.75) is 40.2 Å². The van der Waals surface area contributed by atoms with Crippen LogP contribution in [0.15, 0.2) is 16.6 Å². The van der Waals surface area contributed by atoms with Crippen LogP contribution < -0.4 is 5.32 Å². The maximum atomic E-state index is 4.48. The molecular weight excluding hydrogens is 328 g/mol. The molecule has 2 aromatic heterocycles. The van der Waals surface area contributed by atoms with Gasteiger partial charge in [0, 0.05) is 30.9 Å². The molecule has 0 saturated carbocycles. The van der Waals surface area contributed by atoms with Gasteiger partial charge in [0.15, 0.2) is 0 Å². The van der Waals surface area contributed by atoms with E-state index >= 15 is 0 Å². The van der Waals surface area contributed by atoms with Crippen molar-refractivity contribution in [2.75, 3.05) is 6.54 Å². The molecule has 5 heteroatoms. The molecule has 0 aliphatic carbocycles. The molecule has 114 valence electrons. The summed E-state index contributed by atoms with van der Waals surface area (Å²) in [6, 6.07) is 4.59. The molecule has 0 aliphatic heterocycles. The van der Waals surface area contributed by atoms with Crippen molar-refractivity contribution < 1.29 is 0 Å². The molecule has 2 aromatic rings. The first-order chi connectivity index (χ1) is 9.92. The van der Waals surface area contributed by atoms with Crippen LogP contribution in [-0.4, -0.2) is 21.3 Å². The second-order valence-electron chi connectivity index (χ2n) is 5.47. The Morgan fingerprint density at radius 3 is 2.33 bits per heavy atom. The molecule has 0 amide bonds. The second-order valence-corrected chi connectivity index (χ2v) is 6.26. The fourth-order valence-corrected chi connectivity index (χ4v) is 3.22. The van der Waals surface area contributed by atoms with Crippen LogP contribution in [0.5, 0.6) is 0 Å². The van der Waals surface area contributed by atoms with Crippen molar-refractivity contribution in [3.05, 3.63) is 44.9 Å². The maximum Gasteiger partial charge on any atom is 0.0738 e. The van der Waals surface area contributed by atoms with E-state index in [-0.39, 0.29) is 6.04 Å². The molecule has 0 saturated heterocycles. The molecule has 0 aliphatic rings. The molecule has 0 spiro atoms. The van der Waals surface area contributed by atoms with E-state index in [0.29, 0.717) is 0 Å².